The van der Waals surface area contributed by atoms with E-state index in [0.717, 1.165) is 81.5 Å². The van der Waals surface area contributed by atoms with Gasteiger partial charge in [0.25, 0.3) is 0 Å². The smallest absolute Gasteiger partial charge is 0.446 e. The highest BCUT2D eigenvalue weighted by Gasteiger charge is 2.29. The van der Waals surface area contributed by atoms with E-state index in [1.165, 1.54) is 55.0 Å². The van der Waals surface area contributed by atoms with Gasteiger partial charge in [-0.3, -0.25) is 15.3 Å². The number of ether oxygens (including phenoxy) is 1. The molecule has 0 fully saturated rings. The number of nitrogens with zero attached hydrogens (tertiary/aromatic N) is 9. The van der Waals surface area contributed by atoms with E-state index >= 15 is 0 Å². The van der Waals surface area contributed by atoms with Crippen LogP contribution < -0.4 is 31.9 Å². The number of thioether (sulfide) groups is 5. The van der Waals surface area contributed by atoms with E-state index in [1.54, 1.807) is 79.0 Å². The molecule has 0 spiro atoms. The highest BCUT2D eigenvalue weighted by Crippen LogP contribution is 2.38. The summed E-state index contributed by atoms with van der Waals surface area (Å²) in [6.45, 7) is 2.02. The zero-order chi connectivity index (χ0) is 65.7. The Morgan fingerprint density at radius 2 is 0.947 bits per heavy atom. The molecule has 480 valence electrons. The van der Waals surface area contributed by atoms with Crippen LogP contribution in [0.5, 0.6) is 0 Å². The average molecular weight is 1360 g/mol. The maximum absolute atomic E-state index is 12.6. The number of carbonyl (C=O) groups excluding carboxylic acids is 4. The van der Waals surface area contributed by atoms with E-state index in [4.69, 9.17) is 4.74 Å². The van der Waals surface area contributed by atoms with Crippen molar-refractivity contribution in [2.45, 2.75) is 62.1 Å². The van der Waals surface area contributed by atoms with E-state index in [9.17, 15) is 32.3 Å². The Hall–Kier alpha value is -9.95. The first-order valence-electron chi connectivity index (χ1n) is 28.5. The molecular formula is C63H57F3N18O5S5. The van der Waals surface area contributed by atoms with Crippen LogP contribution >= 0.6 is 58.8 Å². The Morgan fingerprint density at radius 1 is 0.511 bits per heavy atom. The third-order valence-electron chi connectivity index (χ3n) is 13.2. The molecule has 0 aliphatic rings. The SMILES string of the molecule is CCOC(=O)C(CCSC)NC(=O)Nc1cccc(CSc2ncnc3[nH]ncc23)c1.O=C(Nc1cccc(CSc2ncnc3[nH]ncc23)c1)Nc1cccc(SC(F)(F)F)c1.O=C(Nc1cccc(CSc2ncnc3[nH]ncc23)c1)Nc1cccc2ccccc12. The molecule has 94 heavy (non-hydrogen) atoms. The predicted octanol–water partition coefficient (Wildman–Crippen LogP) is 14.8. The lowest BCUT2D eigenvalue weighted by molar-refractivity contribution is -0.145. The van der Waals surface area contributed by atoms with Crippen molar-refractivity contribution in [1.29, 1.82) is 0 Å². The molecule has 0 saturated heterocycles. The minimum Gasteiger partial charge on any atom is -0.464 e. The molecule has 0 radical (unpaired) electrons. The van der Waals surface area contributed by atoms with Crippen molar-refractivity contribution in [3.8, 4) is 0 Å². The number of aromatic nitrogens is 12. The van der Waals surface area contributed by atoms with Crippen LogP contribution in [-0.2, 0) is 26.8 Å². The van der Waals surface area contributed by atoms with Crippen LogP contribution in [0.2, 0.25) is 0 Å². The summed E-state index contributed by atoms with van der Waals surface area (Å²) in [7, 11) is 0. The van der Waals surface area contributed by atoms with E-state index in [-0.39, 0.29) is 35.0 Å². The van der Waals surface area contributed by atoms with Crippen LogP contribution in [0, 0.1) is 0 Å². The fourth-order valence-electron chi connectivity index (χ4n) is 8.98. The number of anilines is 5. The van der Waals surface area contributed by atoms with E-state index in [0.29, 0.717) is 46.3 Å². The highest BCUT2D eigenvalue weighted by molar-refractivity contribution is 8.00. The molecule has 0 saturated carbocycles. The molecule has 12 aromatic rings. The van der Waals surface area contributed by atoms with Crippen LogP contribution in [0.4, 0.5) is 56.0 Å². The van der Waals surface area contributed by atoms with Gasteiger partial charge in [-0.1, -0.05) is 78.9 Å². The number of H-pyrrole nitrogens is 3. The predicted molar refractivity (Wildman–Crippen MR) is 366 cm³/mol. The summed E-state index contributed by atoms with van der Waals surface area (Å²) >= 11 is 6.04. The van der Waals surface area contributed by atoms with Crippen molar-refractivity contribution in [3.05, 3.63) is 194 Å². The Bertz CT molecular complexity index is 4560. The van der Waals surface area contributed by atoms with Gasteiger partial charge in [-0.15, -0.1) is 35.3 Å². The van der Waals surface area contributed by atoms with Gasteiger partial charge in [-0.25, -0.2) is 49.1 Å². The topological polar surface area (TPSA) is 313 Å². The summed E-state index contributed by atoms with van der Waals surface area (Å²) in [5.41, 5.74) is 3.68. The van der Waals surface area contributed by atoms with Gasteiger partial charge in [0.15, 0.2) is 16.9 Å². The Balaban J connectivity index is 0.000000154. The van der Waals surface area contributed by atoms with Gasteiger partial charge in [-0.05, 0) is 120 Å². The summed E-state index contributed by atoms with van der Waals surface area (Å²) in [6.07, 6.45) is 12.1. The van der Waals surface area contributed by atoms with Crippen molar-refractivity contribution in [2.75, 3.05) is 45.2 Å². The number of alkyl halides is 3. The van der Waals surface area contributed by atoms with Gasteiger partial charge in [0, 0.05) is 50.3 Å². The average Bonchev–Trinajstić information content (AvgIpc) is 1.67. The number of amides is 6. The minimum absolute atomic E-state index is 0.00854. The molecule has 0 bridgehead atoms. The quantitative estimate of drug-likeness (QED) is 0.0183. The minimum atomic E-state index is -4.39. The number of halogens is 3. The maximum Gasteiger partial charge on any atom is 0.446 e. The number of aromatic amines is 3. The molecule has 0 aliphatic carbocycles. The summed E-state index contributed by atoms with van der Waals surface area (Å²) in [6, 6.07) is 40.0. The van der Waals surface area contributed by atoms with Gasteiger partial charge in [-0.2, -0.15) is 40.2 Å². The lowest BCUT2D eigenvalue weighted by Gasteiger charge is -2.17. The number of hydrogen-bond donors (Lipinski definition) is 9. The highest BCUT2D eigenvalue weighted by atomic mass is 32.2. The van der Waals surface area contributed by atoms with Crippen LogP contribution in [-0.4, -0.2) is 115 Å². The number of benzene rings is 6. The normalized spacial score (nSPS) is 11.4. The molecule has 6 heterocycles. The second kappa shape index (κ2) is 33.1. The Labute approximate surface area is 555 Å². The van der Waals surface area contributed by atoms with Gasteiger partial charge in [0.1, 0.15) is 40.1 Å². The van der Waals surface area contributed by atoms with E-state index < -0.39 is 29.6 Å². The Kier molecular flexibility index (Phi) is 23.5. The zero-order valence-corrected chi connectivity index (χ0v) is 53.9. The third-order valence-corrected chi connectivity index (χ3v) is 17.8. The lowest BCUT2D eigenvalue weighted by atomic mass is 10.1. The first-order chi connectivity index (χ1) is 45.7. The number of esters is 1. The summed E-state index contributed by atoms with van der Waals surface area (Å²) in [5.74, 6) is 2.28. The molecular weight excluding hydrogens is 1310 g/mol. The lowest BCUT2D eigenvalue weighted by Crippen LogP contribution is -2.44. The molecule has 6 amide bonds. The standard InChI is InChI=1S/C23H18N6OS.C20H15F3N6OS2.C20H24N6O3S2/c30-23(28-20-10-4-7-16-6-1-2-9-18(16)20)27-17-8-3-5-15(11-17)13-31-22-19-12-26-29-21(19)24-14-25-22;21-20(22,23)32-15-6-2-5-14(8-15)28-19(30)27-13-4-1-3-12(7-13)10-31-18-16-9-26-29-17(16)24-11-25-18;1-3-29-19(27)16(7-8-30-2)25-20(28)24-14-6-4-5-13(9-14)11-31-18-15-10-23-26-17(15)21-12-22-18/h1-12,14H,13H2,(H2,27,28,30)(H,24,25,26,29);1-9,11H,10H2,(H2,27,28,30)(H,24,25,26,29);4-6,9-10,12,16H,3,7-8,11H2,1-2H3,(H2,24,25,28)(H,21,22,23,26). The van der Waals surface area contributed by atoms with Crippen LogP contribution in [0.25, 0.3) is 43.9 Å². The van der Waals surface area contributed by atoms with Crippen LogP contribution in [0.3, 0.4) is 0 Å². The van der Waals surface area contributed by atoms with Gasteiger partial charge >= 0.3 is 29.6 Å². The summed E-state index contributed by atoms with van der Waals surface area (Å²) in [4.78, 5) is 74.8. The number of rotatable bonds is 21. The first-order valence-corrected chi connectivity index (χ1v) is 33.7. The van der Waals surface area contributed by atoms with Crippen LogP contribution in [0.15, 0.2) is 197 Å². The number of carbonyl (C=O) groups is 4. The number of urea groups is 3. The van der Waals surface area contributed by atoms with E-state index in [2.05, 4.69) is 92.4 Å². The van der Waals surface area contributed by atoms with Gasteiger partial charge < -0.3 is 36.6 Å². The van der Waals surface area contributed by atoms with Crippen LogP contribution in [0.1, 0.15) is 30.0 Å². The molecule has 31 heteroatoms. The van der Waals surface area contributed by atoms with Crippen molar-refractivity contribution in [2.24, 2.45) is 0 Å². The molecule has 12 rings (SSSR count). The molecule has 6 aromatic carbocycles. The molecule has 1 atom stereocenters. The molecule has 23 nitrogen and oxygen atoms in total. The number of hydrogen-bond acceptors (Lipinski definition) is 19. The molecule has 9 N–H and O–H groups in total. The van der Waals surface area contributed by atoms with Gasteiger partial charge in [0.05, 0.1) is 47.0 Å². The number of fused-ring (bicyclic) bond motifs is 4. The second-order valence-electron chi connectivity index (χ2n) is 19.8. The molecule has 1 unspecified atom stereocenters. The third kappa shape index (κ3) is 19.5. The van der Waals surface area contributed by atoms with Crippen molar-refractivity contribution in [3.63, 3.8) is 0 Å². The second-order valence-corrected chi connectivity index (χ2v) is 24.9. The monoisotopic (exact) mass is 1360 g/mol. The first kappa shape index (κ1) is 67.0. The molecule has 6 aromatic heterocycles. The maximum atomic E-state index is 12.6. The Morgan fingerprint density at radius 3 is 1.43 bits per heavy atom. The largest absolute Gasteiger partial charge is 0.464 e. The fraction of sp³-hybridized carbons (Fsp3) is 0.159. The van der Waals surface area contributed by atoms with E-state index in [1.807, 2.05) is 103 Å². The fourth-order valence-corrected chi connectivity index (χ4v) is 12.8. The van der Waals surface area contributed by atoms with Crippen molar-refractivity contribution >= 4 is 155 Å². The summed E-state index contributed by atoms with van der Waals surface area (Å²) < 4.78 is 42.7. The van der Waals surface area contributed by atoms with Gasteiger partial charge in [0.2, 0.25) is 0 Å². The van der Waals surface area contributed by atoms with Crippen molar-refractivity contribution < 1.29 is 37.1 Å². The molecule has 0 aliphatic heterocycles. The number of nitrogens with one attached hydrogen (secondary N) is 9. The summed E-state index contributed by atoms with van der Waals surface area (Å²) in [5, 5.41) is 44.2. The van der Waals surface area contributed by atoms with Crippen molar-refractivity contribution in [1.82, 2.24) is 65.8 Å². The zero-order valence-electron chi connectivity index (χ0n) is 49.8.